The molecule has 0 saturated carbocycles. The Bertz CT molecular complexity index is 669. The highest BCUT2D eigenvalue weighted by Crippen LogP contribution is 2.46. The number of rotatable bonds is 4. The molecule has 2 aliphatic rings. The lowest BCUT2D eigenvalue weighted by molar-refractivity contribution is 0.0253. The fourth-order valence-corrected chi connectivity index (χ4v) is 4.38. The number of halogens is 2. The minimum Gasteiger partial charge on any atom is -0.381 e. The van der Waals surface area contributed by atoms with Crippen molar-refractivity contribution in [3.63, 3.8) is 0 Å². The molecule has 0 N–H and O–H groups in total. The Morgan fingerprint density at radius 3 is 3.00 bits per heavy atom. The molecule has 2 aliphatic heterocycles. The third kappa shape index (κ3) is 2.96. The molecule has 0 unspecified atom stereocenters. The first-order valence-electron chi connectivity index (χ1n) is 9.82. The highest BCUT2D eigenvalue weighted by Gasteiger charge is 2.45. The van der Waals surface area contributed by atoms with Gasteiger partial charge in [-0.1, -0.05) is 29.3 Å². The molecule has 21 heavy (non-hydrogen) atoms. The molecule has 0 spiro atoms. The quantitative estimate of drug-likeness (QED) is 0.799. The number of fused-ring (bicyclic) bond motifs is 2. The SMILES string of the molecule is [2H]C([2H])([2H])C([2H])([2H])OC[C@@H]1[C@@H](c2ccc(Cl)c(Cl)c2)C[C@@H]2CC[C@H]1N2C. The molecule has 2 saturated heterocycles. The first-order valence-corrected chi connectivity index (χ1v) is 8.07. The van der Waals surface area contributed by atoms with Crippen LogP contribution in [0.15, 0.2) is 18.2 Å². The van der Waals surface area contributed by atoms with Gasteiger partial charge in [0, 0.05) is 28.7 Å². The Labute approximate surface area is 144 Å². The molecule has 2 heterocycles. The maximum atomic E-state index is 7.74. The van der Waals surface area contributed by atoms with Crippen molar-refractivity contribution in [1.29, 1.82) is 0 Å². The van der Waals surface area contributed by atoms with Gasteiger partial charge in [0.05, 0.1) is 19.4 Å². The largest absolute Gasteiger partial charge is 0.381 e. The van der Waals surface area contributed by atoms with Crippen LogP contribution in [0.25, 0.3) is 0 Å². The second kappa shape index (κ2) is 6.45. The van der Waals surface area contributed by atoms with Gasteiger partial charge >= 0.3 is 0 Å². The molecule has 4 heteroatoms. The van der Waals surface area contributed by atoms with Crippen molar-refractivity contribution in [2.75, 3.05) is 20.2 Å². The number of ether oxygens (including phenoxy) is 1. The van der Waals surface area contributed by atoms with Crippen LogP contribution in [0.1, 0.15) is 44.4 Å². The third-order valence-electron chi connectivity index (χ3n) is 5.15. The van der Waals surface area contributed by atoms with E-state index in [-0.39, 0.29) is 24.5 Å². The predicted molar refractivity (Wildman–Crippen MR) is 88.4 cm³/mol. The van der Waals surface area contributed by atoms with Gasteiger partial charge in [-0.05, 0) is 56.8 Å². The first-order chi connectivity index (χ1) is 12.0. The summed E-state index contributed by atoms with van der Waals surface area (Å²) in [4.78, 5) is 2.33. The average molecular weight is 333 g/mol. The summed E-state index contributed by atoms with van der Waals surface area (Å²) in [5.74, 6) is 0.124. The van der Waals surface area contributed by atoms with Gasteiger partial charge in [-0.15, -0.1) is 0 Å². The van der Waals surface area contributed by atoms with Gasteiger partial charge in [-0.25, -0.2) is 0 Å². The fraction of sp³-hybridized carbons (Fsp3) is 0.647. The molecule has 116 valence electrons. The topological polar surface area (TPSA) is 12.5 Å². The van der Waals surface area contributed by atoms with Crippen molar-refractivity contribution >= 4 is 23.2 Å². The van der Waals surface area contributed by atoms with Crippen LogP contribution in [-0.2, 0) is 4.74 Å². The van der Waals surface area contributed by atoms with E-state index in [0.29, 0.717) is 16.1 Å². The van der Waals surface area contributed by atoms with Crippen molar-refractivity contribution in [2.45, 2.75) is 44.1 Å². The van der Waals surface area contributed by atoms with Crippen LogP contribution < -0.4 is 0 Å². The molecule has 3 rings (SSSR count). The summed E-state index contributed by atoms with van der Waals surface area (Å²) in [5, 5.41) is 0.991. The molecular weight excluding hydrogens is 305 g/mol. The van der Waals surface area contributed by atoms with Gasteiger partial charge < -0.3 is 9.64 Å². The Hall–Kier alpha value is -0.280. The van der Waals surface area contributed by atoms with Crippen LogP contribution in [0, 0.1) is 5.92 Å². The van der Waals surface area contributed by atoms with E-state index in [1.165, 1.54) is 0 Å². The van der Waals surface area contributed by atoms with Crippen LogP contribution in [0.5, 0.6) is 0 Å². The number of piperidine rings is 1. The maximum absolute atomic E-state index is 7.74. The minimum absolute atomic E-state index is 0.00610. The highest BCUT2D eigenvalue weighted by molar-refractivity contribution is 6.42. The van der Waals surface area contributed by atoms with E-state index in [1.807, 2.05) is 12.1 Å². The van der Waals surface area contributed by atoms with E-state index in [0.717, 1.165) is 24.8 Å². The lowest BCUT2D eigenvalue weighted by Crippen LogP contribution is -2.47. The maximum Gasteiger partial charge on any atom is 0.0595 e. The predicted octanol–water partition coefficient (Wildman–Crippen LogP) is 4.60. The summed E-state index contributed by atoms with van der Waals surface area (Å²) < 4.78 is 42.9. The second-order valence-electron chi connectivity index (χ2n) is 6.06. The standard InChI is InChI=1S/C17H23Cl2NO/c1-3-21-10-14-13(9-12-5-7-17(14)20(12)2)11-4-6-15(18)16(19)8-11/h4,6,8,12-14,17H,3,5,7,9-10H2,1-2H3/t12-,13+,14+,17+/m0/s1/i1D3,3D2. The summed E-state index contributed by atoms with van der Waals surface area (Å²) in [6.45, 7) is -5.42. The number of hydrogen-bond acceptors (Lipinski definition) is 2. The van der Waals surface area contributed by atoms with Gasteiger partial charge in [0.15, 0.2) is 0 Å². The summed E-state index contributed by atoms with van der Waals surface area (Å²) >= 11 is 12.2. The van der Waals surface area contributed by atoms with E-state index in [2.05, 4.69) is 11.9 Å². The summed E-state index contributed by atoms with van der Waals surface area (Å²) in [7, 11) is 2.08. The van der Waals surface area contributed by atoms with Crippen molar-refractivity contribution in [3.05, 3.63) is 33.8 Å². The van der Waals surface area contributed by atoms with Crippen LogP contribution in [0.4, 0.5) is 0 Å². The van der Waals surface area contributed by atoms with E-state index in [4.69, 9.17) is 34.8 Å². The van der Waals surface area contributed by atoms with E-state index in [9.17, 15) is 0 Å². The molecule has 2 nitrogen and oxygen atoms in total. The minimum atomic E-state index is -2.81. The zero-order valence-corrected chi connectivity index (χ0v) is 13.5. The molecule has 0 aliphatic carbocycles. The summed E-state index contributed by atoms with van der Waals surface area (Å²) in [5.41, 5.74) is 1.05. The van der Waals surface area contributed by atoms with Gasteiger partial charge in [0.1, 0.15) is 0 Å². The molecule has 0 amide bonds. The molecule has 0 radical (unpaired) electrons. The zero-order chi connectivity index (χ0) is 19.3. The van der Waals surface area contributed by atoms with Crippen LogP contribution in [0.2, 0.25) is 10.0 Å². The van der Waals surface area contributed by atoms with Gasteiger partial charge in [0.25, 0.3) is 0 Å². The zero-order valence-electron chi connectivity index (χ0n) is 17.0. The average Bonchev–Trinajstić information content (AvgIpc) is 2.78. The van der Waals surface area contributed by atoms with Gasteiger partial charge in [-0.3, -0.25) is 0 Å². The Balaban J connectivity index is 1.86. The van der Waals surface area contributed by atoms with Crippen molar-refractivity contribution in [2.24, 2.45) is 5.92 Å². The Morgan fingerprint density at radius 2 is 2.24 bits per heavy atom. The van der Waals surface area contributed by atoms with Crippen LogP contribution in [0.3, 0.4) is 0 Å². The summed E-state index contributed by atoms with van der Waals surface area (Å²) in [6.07, 6.45) is 3.00. The molecule has 1 aromatic carbocycles. The third-order valence-corrected chi connectivity index (χ3v) is 5.89. The number of hydrogen-bond donors (Lipinski definition) is 0. The van der Waals surface area contributed by atoms with E-state index >= 15 is 0 Å². The lowest BCUT2D eigenvalue weighted by Gasteiger charge is -2.43. The highest BCUT2D eigenvalue weighted by atomic mass is 35.5. The number of nitrogens with zero attached hydrogens (tertiary/aromatic N) is 1. The fourth-order valence-electron chi connectivity index (χ4n) is 4.07. The van der Waals surface area contributed by atoms with Crippen LogP contribution in [-0.4, -0.2) is 37.2 Å². The Kier molecular flexibility index (Phi) is 3.22. The molecule has 2 fully saturated rings. The second-order valence-corrected chi connectivity index (χ2v) is 6.87. The summed E-state index contributed by atoms with van der Waals surface area (Å²) in [6, 6.07) is 6.30. The lowest BCUT2D eigenvalue weighted by atomic mass is 9.76. The van der Waals surface area contributed by atoms with Crippen molar-refractivity contribution in [1.82, 2.24) is 4.90 Å². The van der Waals surface area contributed by atoms with Crippen LogP contribution >= 0.6 is 23.2 Å². The van der Waals surface area contributed by atoms with Crippen molar-refractivity contribution in [3.8, 4) is 0 Å². The smallest absolute Gasteiger partial charge is 0.0595 e. The monoisotopic (exact) mass is 332 g/mol. The molecule has 4 atom stereocenters. The molecule has 0 aromatic heterocycles. The normalized spacial score (nSPS) is 37.4. The number of benzene rings is 1. The Morgan fingerprint density at radius 1 is 1.38 bits per heavy atom. The molecule has 2 bridgehead atoms. The molecular formula is C17H23Cl2NO. The molecule has 1 aromatic rings. The van der Waals surface area contributed by atoms with Gasteiger partial charge in [0.2, 0.25) is 0 Å². The van der Waals surface area contributed by atoms with Gasteiger partial charge in [-0.2, -0.15) is 0 Å². The first kappa shape index (κ1) is 10.5. The van der Waals surface area contributed by atoms with Crippen molar-refractivity contribution < 1.29 is 11.6 Å². The van der Waals surface area contributed by atoms with E-state index < -0.39 is 13.4 Å². The van der Waals surface area contributed by atoms with E-state index in [1.54, 1.807) is 6.07 Å².